The molecule has 0 bridgehead atoms. The van der Waals surface area contributed by atoms with Crippen LogP contribution in [0.1, 0.15) is 16.1 Å². The minimum atomic E-state index is -5.12. The SMILES string of the molecule is O=C(O)c1cnn(-c2ccc(NC(=O)C(F)(F)F)cc2)c1C(F)(F)F. The fraction of sp³-hybridized carbons (Fsp3) is 0.154. The summed E-state index contributed by atoms with van der Waals surface area (Å²) < 4.78 is 75.9. The van der Waals surface area contributed by atoms with E-state index in [1.54, 1.807) is 0 Å². The molecule has 2 aromatic rings. The lowest BCUT2D eigenvalue weighted by Gasteiger charge is -2.12. The first-order chi connectivity index (χ1) is 11.4. The van der Waals surface area contributed by atoms with Gasteiger partial charge >= 0.3 is 24.2 Å². The number of amides is 1. The number of nitrogens with zero attached hydrogens (tertiary/aromatic N) is 2. The molecule has 0 saturated heterocycles. The van der Waals surface area contributed by atoms with Gasteiger partial charge in [-0.05, 0) is 24.3 Å². The van der Waals surface area contributed by atoms with Crippen LogP contribution in [0.15, 0.2) is 30.5 Å². The predicted octanol–water partition coefficient (Wildman–Crippen LogP) is 3.09. The smallest absolute Gasteiger partial charge is 0.471 e. The van der Waals surface area contributed by atoms with Gasteiger partial charge in [-0.1, -0.05) is 0 Å². The molecule has 0 fully saturated rings. The number of anilines is 1. The third-order valence-electron chi connectivity index (χ3n) is 2.90. The van der Waals surface area contributed by atoms with Gasteiger partial charge in [-0.2, -0.15) is 31.4 Å². The Hall–Kier alpha value is -3.05. The van der Waals surface area contributed by atoms with E-state index in [1.807, 2.05) is 0 Å². The molecule has 0 spiro atoms. The fourth-order valence-corrected chi connectivity index (χ4v) is 1.86. The van der Waals surface area contributed by atoms with Gasteiger partial charge in [0, 0.05) is 5.69 Å². The predicted molar refractivity (Wildman–Crippen MR) is 70.2 cm³/mol. The van der Waals surface area contributed by atoms with Crippen LogP contribution < -0.4 is 5.32 Å². The van der Waals surface area contributed by atoms with E-state index in [9.17, 15) is 35.9 Å². The molecular formula is C13H7F6N3O3. The maximum Gasteiger partial charge on any atom is 0.471 e. The highest BCUT2D eigenvalue weighted by Crippen LogP contribution is 2.33. The molecule has 0 aliphatic rings. The maximum absolute atomic E-state index is 13.1. The molecule has 1 aromatic carbocycles. The number of rotatable bonds is 3. The van der Waals surface area contributed by atoms with Crippen LogP contribution in [0.5, 0.6) is 0 Å². The number of hydrogen-bond donors (Lipinski definition) is 2. The van der Waals surface area contributed by atoms with Crippen molar-refractivity contribution >= 4 is 17.6 Å². The fourth-order valence-electron chi connectivity index (χ4n) is 1.86. The summed E-state index contributed by atoms with van der Waals surface area (Å²) in [4.78, 5) is 21.7. The minimum Gasteiger partial charge on any atom is -0.478 e. The quantitative estimate of drug-likeness (QED) is 0.817. The average molecular weight is 367 g/mol. The molecule has 6 nitrogen and oxygen atoms in total. The summed E-state index contributed by atoms with van der Waals surface area (Å²) in [6.07, 6.45) is -9.65. The first-order valence-corrected chi connectivity index (χ1v) is 6.28. The Balaban J connectivity index is 2.38. The highest BCUT2D eigenvalue weighted by molar-refractivity contribution is 5.95. The molecule has 1 heterocycles. The maximum atomic E-state index is 13.1. The van der Waals surface area contributed by atoms with Gasteiger partial charge < -0.3 is 10.4 Å². The number of aromatic carboxylic acids is 1. The molecule has 0 aliphatic carbocycles. The van der Waals surface area contributed by atoms with Crippen molar-refractivity contribution in [1.82, 2.24) is 9.78 Å². The lowest BCUT2D eigenvalue weighted by atomic mass is 10.2. The molecule has 1 amide bonds. The number of carbonyl (C=O) groups excluding carboxylic acids is 1. The summed E-state index contributed by atoms with van der Waals surface area (Å²) in [7, 11) is 0. The topological polar surface area (TPSA) is 84.2 Å². The number of carboxylic acids is 1. The first-order valence-electron chi connectivity index (χ1n) is 6.28. The third-order valence-corrected chi connectivity index (χ3v) is 2.90. The van der Waals surface area contributed by atoms with Crippen LogP contribution in [0.25, 0.3) is 5.69 Å². The number of carboxylic acid groups (broad SMARTS) is 1. The van der Waals surface area contributed by atoms with Gasteiger partial charge in [-0.3, -0.25) is 4.79 Å². The molecule has 0 atom stereocenters. The summed E-state index contributed by atoms with van der Waals surface area (Å²) in [5.74, 6) is -4.09. The summed E-state index contributed by atoms with van der Waals surface area (Å²) in [5.41, 5.74) is -3.20. The molecule has 134 valence electrons. The molecule has 0 saturated carbocycles. The van der Waals surface area contributed by atoms with E-state index >= 15 is 0 Å². The van der Waals surface area contributed by atoms with E-state index in [1.165, 1.54) is 5.32 Å². The molecule has 0 unspecified atom stereocenters. The minimum absolute atomic E-state index is 0.259. The van der Waals surface area contributed by atoms with Crippen molar-refractivity contribution in [3.8, 4) is 5.69 Å². The summed E-state index contributed by atoms with van der Waals surface area (Å²) in [6.45, 7) is 0. The van der Waals surface area contributed by atoms with Gasteiger partial charge in [-0.25, -0.2) is 9.48 Å². The Bertz CT molecular complexity index is 808. The largest absolute Gasteiger partial charge is 0.478 e. The van der Waals surface area contributed by atoms with Crippen molar-refractivity contribution in [2.45, 2.75) is 12.4 Å². The Labute approximate surface area is 134 Å². The monoisotopic (exact) mass is 367 g/mol. The lowest BCUT2D eigenvalue weighted by molar-refractivity contribution is -0.167. The van der Waals surface area contributed by atoms with E-state index in [0.29, 0.717) is 10.9 Å². The van der Waals surface area contributed by atoms with Gasteiger partial charge in [0.15, 0.2) is 5.69 Å². The lowest BCUT2D eigenvalue weighted by Crippen LogP contribution is -2.29. The van der Waals surface area contributed by atoms with Gasteiger partial charge in [-0.15, -0.1) is 0 Å². The van der Waals surface area contributed by atoms with Crippen LogP contribution in [-0.4, -0.2) is 32.9 Å². The zero-order chi connectivity index (χ0) is 19.0. The molecular weight excluding hydrogens is 360 g/mol. The Morgan fingerprint density at radius 1 is 1.04 bits per heavy atom. The Morgan fingerprint density at radius 3 is 2.04 bits per heavy atom. The standard InChI is InChI=1S/C13H7F6N3O3/c14-12(15,16)9-8(10(23)24)5-20-22(9)7-3-1-6(2-4-7)21-11(25)13(17,18)19/h1-5H,(H,21,25)(H,23,24). The van der Waals surface area contributed by atoms with Gasteiger partial charge in [0.2, 0.25) is 0 Å². The van der Waals surface area contributed by atoms with Crippen molar-refractivity contribution in [1.29, 1.82) is 0 Å². The molecule has 1 aromatic heterocycles. The number of carbonyl (C=O) groups is 2. The molecule has 12 heteroatoms. The summed E-state index contributed by atoms with van der Waals surface area (Å²) in [5, 5.41) is 13.7. The second kappa shape index (κ2) is 6.11. The zero-order valence-corrected chi connectivity index (χ0v) is 11.8. The second-order valence-electron chi connectivity index (χ2n) is 4.62. The van der Waals surface area contributed by atoms with Crippen molar-refractivity contribution < 1.29 is 41.0 Å². The zero-order valence-electron chi connectivity index (χ0n) is 11.8. The van der Waals surface area contributed by atoms with Crippen molar-refractivity contribution in [3.63, 3.8) is 0 Å². The molecule has 0 aliphatic heterocycles. The van der Waals surface area contributed by atoms with E-state index in [2.05, 4.69) is 5.10 Å². The average Bonchev–Trinajstić information content (AvgIpc) is 2.92. The molecule has 25 heavy (non-hydrogen) atoms. The third kappa shape index (κ3) is 3.89. The number of halogens is 6. The number of hydrogen-bond acceptors (Lipinski definition) is 3. The van der Waals surface area contributed by atoms with E-state index in [4.69, 9.17) is 5.11 Å². The number of nitrogens with one attached hydrogen (secondary N) is 1. The van der Waals surface area contributed by atoms with Crippen LogP contribution >= 0.6 is 0 Å². The Morgan fingerprint density at radius 2 is 1.60 bits per heavy atom. The second-order valence-corrected chi connectivity index (χ2v) is 4.62. The van der Waals surface area contributed by atoms with Crippen molar-refractivity contribution in [3.05, 3.63) is 41.7 Å². The first kappa shape index (κ1) is 18.3. The van der Waals surface area contributed by atoms with E-state index in [-0.39, 0.29) is 11.4 Å². The van der Waals surface area contributed by atoms with Gasteiger partial charge in [0.25, 0.3) is 0 Å². The molecule has 0 radical (unpaired) electrons. The summed E-state index contributed by atoms with van der Waals surface area (Å²) in [6, 6.07) is 3.72. The number of benzene rings is 1. The molecule has 2 rings (SSSR count). The Kier molecular flexibility index (Phi) is 4.47. The highest BCUT2D eigenvalue weighted by atomic mass is 19.4. The van der Waals surface area contributed by atoms with Crippen molar-refractivity contribution in [2.75, 3.05) is 5.32 Å². The van der Waals surface area contributed by atoms with Crippen LogP contribution in [0.4, 0.5) is 32.0 Å². The van der Waals surface area contributed by atoms with E-state index in [0.717, 1.165) is 24.3 Å². The highest BCUT2D eigenvalue weighted by Gasteiger charge is 2.41. The van der Waals surface area contributed by atoms with Crippen molar-refractivity contribution in [2.24, 2.45) is 0 Å². The van der Waals surface area contributed by atoms with E-state index < -0.39 is 35.5 Å². The van der Waals surface area contributed by atoms with Crippen LogP contribution in [0.3, 0.4) is 0 Å². The molecule has 2 N–H and O–H groups in total. The van der Waals surface area contributed by atoms with Crippen LogP contribution in [0, 0.1) is 0 Å². The van der Waals surface area contributed by atoms with Crippen LogP contribution in [-0.2, 0) is 11.0 Å². The normalized spacial score (nSPS) is 12.1. The summed E-state index contributed by atoms with van der Waals surface area (Å²) >= 11 is 0. The number of alkyl halides is 6. The van der Waals surface area contributed by atoms with Crippen LogP contribution in [0.2, 0.25) is 0 Å². The van der Waals surface area contributed by atoms with Gasteiger partial charge in [0.05, 0.1) is 11.9 Å². The number of aromatic nitrogens is 2. The van der Waals surface area contributed by atoms with Gasteiger partial charge in [0.1, 0.15) is 5.56 Å².